The van der Waals surface area contributed by atoms with Crippen LogP contribution in [0.5, 0.6) is 0 Å². The maximum absolute atomic E-state index is 8.74. The summed E-state index contributed by atoms with van der Waals surface area (Å²) in [6, 6.07) is 0. The van der Waals surface area contributed by atoms with Crippen molar-refractivity contribution in [1.82, 2.24) is 0 Å². The zero-order chi connectivity index (χ0) is 10.0. The summed E-state index contributed by atoms with van der Waals surface area (Å²) in [5.74, 6) is 0. The molecule has 0 spiro atoms. The molecule has 0 saturated carbocycles. The summed E-state index contributed by atoms with van der Waals surface area (Å²) in [6.45, 7) is 4.49. The van der Waals surface area contributed by atoms with Crippen molar-refractivity contribution in [2.75, 3.05) is 0 Å². The van der Waals surface area contributed by atoms with Gasteiger partial charge >= 0.3 is 40.0 Å². The summed E-state index contributed by atoms with van der Waals surface area (Å²) < 4.78 is 31.6. The summed E-state index contributed by atoms with van der Waals surface area (Å²) in [5, 5.41) is 0. The smallest absolute Gasteiger partial charge is 1.00 e. The van der Waals surface area contributed by atoms with Gasteiger partial charge in [-0.2, -0.15) is 8.42 Å². The fraction of sp³-hybridized carbons (Fsp3) is 1.00. The summed E-state index contributed by atoms with van der Waals surface area (Å²) in [6.07, 6.45) is 7.01. The molecule has 0 heterocycles. The molecular formula is C7H19NaO4S. The van der Waals surface area contributed by atoms with E-state index >= 15 is 0 Å². The summed E-state index contributed by atoms with van der Waals surface area (Å²) in [4.78, 5) is 0. The largest absolute Gasteiger partial charge is 1.00 e. The average molecular weight is 222 g/mol. The fourth-order valence-corrected chi connectivity index (χ4v) is 0.677. The second-order valence-corrected chi connectivity index (χ2v) is 3.40. The Hall–Kier alpha value is 0.870. The first-order valence-corrected chi connectivity index (χ1v) is 5.51. The van der Waals surface area contributed by atoms with E-state index in [0.717, 1.165) is 0 Å². The third kappa shape index (κ3) is 64.1. The average Bonchev–Trinajstić information content (AvgIpc) is 1.85. The molecule has 0 atom stereocenters. The predicted octanol–water partition coefficient (Wildman–Crippen LogP) is -0.560. The molecule has 0 aliphatic rings. The maximum atomic E-state index is 8.74. The zero-order valence-electron chi connectivity index (χ0n) is 9.65. The van der Waals surface area contributed by atoms with E-state index in [9.17, 15) is 0 Å². The number of unbranched alkanes of at least 4 members (excludes halogenated alkanes) is 4. The van der Waals surface area contributed by atoms with Gasteiger partial charge in [0.2, 0.25) is 0 Å². The van der Waals surface area contributed by atoms with Gasteiger partial charge in [0.15, 0.2) is 0 Å². The molecule has 0 aromatic rings. The van der Waals surface area contributed by atoms with Crippen LogP contribution in [0.15, 0.2) is 0 Å². The molecule has 0 aliphatic heterocycles. The first-order chi connectivity index (χ1) is 5.41. The first kappa shape index (κ1) is 19.4. The molecule has 13 heavy (non-hydrogen) atoms. The van der Waals surface area contributed by atoms with Crippen LogP contribution in [0.25, 0.3) is 0 Å². The number of hydrogen-bond donors (Lipinski definition) is 2. The summed E-state index contributed by atoms with van der Waals surface area (Å²) >= 11 is 0. The van der Waals surface area contributed by atoms with Crippen LogP contribution < -0.4 is 29.6 Å². The molecule has 78 valence electrons. The monoisotopic (exact) mass is 222 g/mol. The van der Waals surface area contributed by atoms with Gasteiger partial charge in [-0.3, -0.25) is 9.11 Å². The summed E-state index contributed by atoms with van der Waals surface area (Å²) in [5.41, 5.74) is 0. The third-order valence-corrected chi connectivity index (χ3v) is 1.21. The Morgan fingerprint density at radius 3 is 1.38 bits per heavy atom. The Bertz CT molecular complexity index is 161. The van der Waals surface area contributed by atoms with Crippen LogP contribution in [0.4, 0.5) is 0 Å². The standard InChI is InChI=1S/C7H16.Na.H2O4S.H/c1-3-5-7-6-4-2;;1-5(2,3)4;/h3-7H2,1-2H3;;(H2,1,2,3,4);/q;+1;;-1. The van der Waals surface area contributed by atoms with Gasteiger partial charge in [0, 0.05) is 0 Å². The molecule has 4 nitrogen and oxygen atoms in total. The van der Waals surface area contributed by atoms with Crippen LogP contribution in [0.3, 0.4) is 0 Å². The quantitative estimate of drug-likeness (QED) is 0.380. The second kappa shape index (κ2) is 12.9. The van der Waals surface area contributed by atoms with Crippen LogP contribution in [-0.4, -0.2) is 17.5 Å². The molecule has 0 fully saturated rings. The van der Waals surface area contributed by atoms with Crippen molar-refractivity contribution in [3.63, 3.8) is 0 Å². The molecular weight excluding hydrogens is 203 g/mol. The molecule has 0 aliphatic carbocycles. The van der Waals surface area contributed by atoms with Crippen LogP contribution >= 0.6 is 0 Å². The number of rotatable bonds is 4. The molecule has 0 aromatic heterocycles. The van der Waals surface area contributed by atoms with Crippen molar-refractivity contribution < 1.29 is 48.5 Å². The molecule has 0 radical (unpaired) electrons. The van der Waals surface area contributed by atoms with Gasteiger partial charge in [0.25, 0.3) is 0 Å². The van der Waals surface area contributed by atoms with E-state index in [4.69, 9.17) is 17.5 Å². The van der Waals surface area contributed by atoms with Crippen molar-refractivity contribution >= 4 is 10.4 Å². The third-order valence-electron chi connectivity index (χ3n) is 1.21. The van der Waals surface area contributed by atoms with Gasteiger partial charge < -0.3 is 1.43 Å². The SMILES string of the molecule is CCCCCCC.O=S(=O)(O)O.[H-].[Na+]. The van der Waals surface area contributed by atoms with Crippen LogP contribution in [0.2, 0.25) is 0 Å². The van der Waals surface area contributed by atoms with Crippen LogP contribution in [0.1, 0.15) is 47.4 Å². The molecule has 0 rings (SSSR count). The predicted molar refractivity (Wildman–Crippen MR) is 49.7 cm³/mol. The molecule has 0 amide bonds. The van der Waals surface area contributed by atoms with E-state index in [0.29, 0.717) is 0 Å². The van der Waals surface area contributed by atoms with Crippen molar-refractivity contribution in [1.29, 1.82) is 0 Å². The molecule has 6 heteroatoms. The van der Waals surface area contributed by atoms with Gasteiger partial charge in [0.1, 0.15) is 0 Å². The van der Waals surface area contributed by atoms with E-state index < -0.39 is 10.4 Å². The van der Waals surface area contributed by atoms with Gasteiger partial charge in [-0.15, -0.1) is 0 Å². The maximum Gasteiger partial charge on any atom is 1.00 e. The van der Waals surface area contributed by atoms with Crippen LogP contribution in [0, 0.1) is 0 Å². The molecule has 0 unspecified atom stereocenters. The topological polar surface area (TPSA) is 74.6 Å². The van der Waals surface area contributed by atoms with Gasteiger partial charge in [0.05, 0.1) is 0 Å². The van der Waals surface area contributed by atoms with E-state index in [2.05, 4.69) is 13.8 Å². The molecule has 2 N–H and O–H groups in total. The zero-order valence-corrected chi connectivity index (χ0v) is 11.5. The Morgan fingerprint density at radius 1 is 1.00 bits per heavy atom. The minimum Gasteiger partial charge on any atom is -1.00 e. The van der Waals surface area contributed by atoms with Crippen molar-refractivity contribution in [3.8, 4) is 0 Å². The minimum atomic E-state index is -4.67. The molecule has 0 aromatic carbocycles. The van der Waals surface area contributed by atoms with Crippen molar-refractivity contribution in [2.45, 2.75) is 46.0 Å². The van der Waals surface area contributed by atoms with Crippen molar-refractivity contribution in [3.05, 3.63) is 0 Å². The fourth-order valence-electron chi connectivity index (χ4n) is 0.677. The van der Waals surface area contributed by atoms with Crippen LogP contribution in [-0.2, 0) is 10.4 Å². The van der Waals surface area contributed by atoms with Crippen molar-refractivity contribution in [2.24, 2.45) is 0 Å². The van der Waals surface area contributed by atoms with Gasteiger partial charge in [-0.05, 0) is 0 Å². The Balaban J connectivity index is -0.0000000651. The summed E-state index contributed by atoms with van der Waals surface area (Å²) in [7, 11) is -4.67. The van der Waals surface area contributed by atoms with Gasteiger partial charge in [-0.1, -0.05) is 46.0 Å². The Labute approximate surface area is 104 Å². The Morgan fingerprint density at radius 2 is 1.23 bits per heavy atom. The van der Waals surface area contributed by atoms with E-state index in [1.807, 2.05) is 0 Å². The van der Waals surface area contributed by atoms with E-state index in [1.54, 1.807) is 0 Å². The molecule has 0 bridgehead atoms. The molecule has 0 saturated heterocycles. The van der Waals surface area contributed by atoms with E-state index in [-0.39, 0.29) is 31.0 Å². The minimum absolute atomic E-state index is 0. The van der Waals surface area contributed by atoms with Gasteiger partial charge in [-0.25, -0.2) is 0 Å². The van der Waals surface area contributed by atoms with E-state index in [1.165, 1.54) is 32.1 Å². The second-order valence-electron chi connectivity index (χ2n) is 2.51. The normalized spacial score (nSPS) is 9.54. The number of hydrogen-bond acceptors (Lipinski definition) is 2. The Kier molecular flexibility index (Phi) is 19.2. The first-order valence-electron chi connectivity index (χ1n) is 4.11.